The predicted molar refractivity (Wildman–Crippen MR) is 78.8 cm³/mol. The summed E-state index contributed by atoms with van der Waals surface area (Å²) in [6.07, 6.45) is 4.32. The van der Waals surface area contributed by atoms with Crippen LogP contribution in [0.1, 0.15) is 34.5 Å². The van der Waals surface area contributed by atoms with Crippen LogP contribution in [0, 0.1) is 0 Å². The zero-order chi connectivity index (χ0) is 15.0. The van der Waals surface area contributed by atoms with Crippen LogP contribution in [0.2, 0.25) is 0 Å². The summed E-state index contributed by atoms with van der Waals surface area (Å²) < 4.78 is 7.10. The highest BCUT2D eigenvalue weighted by molar-refractivity contribution is 5.87. The van der Waals surface area contributed by atoms with Gasteiger partial charge >= 0.3 is 5.97 Å². The molecule has 2 aromatic rings. The molecule has 0 amide bonds. The fraction of sp³-hybridized carbons (Fsp3) is 0.375. The Bertz CT molecular complexity index is 704. The smallest absolute Gasteiger partial charge is 0.356 e. The highest BCUT2D eigenvalue weighted by Gasteiger charge is 2.21. The third kappa shape index (κ3) is 2.28. The monoisotopic (exact) mass is 286 g/mol. The number of methoxy groups -OCH3 is 1. The van der Waals surface area contributed by atoms with Crippen LogP contribution in [0.25, 0.3) is 11.3 Å². The average Bonchev–Trinajstić information content (AvgIpc) is 2.88. The van der Waals surface area contributed by atoms with Gasteiger partial charge in [-0.15, -0.1) is 0 Å². The van der Waals surface area contributed by atoms with Crippen LogP contribution in [-0.4, -0.2) is 28.0 Å². The second-order valence-electron chi connectivity index (χ2n) is 5.32. The van der Waals surface area contributed by atoms with E-state index in [-0.39, 0.29) is 5.69 Å². The van der Waals surface area contributed by atoms with Gasteiger partial charge in [-0.25, -0.2) is 4.79 Å². The van der Waals surface area contributed by atoms with Gasteiger partial charge in [0.25, 0.3) is 0 Å². The Morgan fingerprint density at radius 3 is 2.62 bits per heavy atom. The lowest BCUT2D eigenvalue weighted by atomic mass is 9.86. The predicted octanol–water partition coefficient (Wildman–Crippen LogP) is 2.67. The number of aromatic carboxylic acids is 1. The van der Waals surface area contributed by atoms with E-state index in [1.807, 2.05) is 12.1 Å². The van der Waals surface area contributed by atoms with Crippen molar-refractivity contribution < 1.29 is 14.6 Å². The van der Waals surface area contributed by atoms with E-state index in [1.54, 1.807) is 24.9 Å². The topological polar surface area (TPSA) is 64.3 Å². The first-order chi connectivity index (χ1) is 10.1. The third-order valence-corrected chi connectivity index (χ3v) is 4.09. The summed E-state index contributed by atoms with van der Waals surface area (Å²) in [6, 6.07) is 5.61. The average molecular weight is 286 g/mol. The fourth-order valence-corrected chi connectivity index (χ4v) is 3.09. The van der Waals surface area contributed by atoms with Gasteiger partial charge in [0.15, 0.2) is 5.69 Å². The molecule has 1 aliphatic carbocycles. The van der Waals surface area contributed by atoms with Gasteiger partial charge in [-0.1, -0.05) is 0 Å². The maximum Gasteiger partial charge on any atom is 0.356 e. The van der Waals surface area contributed by atoms with Crippen LogP contribution in [-0.2, 0) is 19.9 Å². The molecule has 0 saturated carbocycles. The second kappa shape index (κ2) is 5.24. The normalized spacial score (nSPS) is 13.8. The Kier molecular flexibility index (Phi) is 3.41. The standard InChI is InChI=1S/C16H18N2O3/c1-18-14(9-13(17-18)16(19)20)11-7-8-15(21-2)12-6-4-3-5-10(11)12/h7-9H,3-6H2,1-2H3,(H,19,20). The molecule has 0 unspecified atom stereocenters. The maximum absolute atomic E-state index is 11.1. The Labute approximate surface area is 123 Å². The minimum Gasteiger partial charge on any atom is -0.496 e. The molecule has 1 aromatic carbocycles. The Balaban J connectivity index is 2.17. The lowest BCUT2D eigenvalue weighted by molar-refractivity contribution is 0.0689. The van der Waals surface area contributed by atoms with Gasteiger partial charge in [0.2, 0.25) is 0 Å². The Morgan fingerprint density at radius 2 is 2.00 bits per heavy atom. The number of carboxylic acids is 1. The first kappa shape index (κ1) is 13.7. The van der Waals surface area contributed by atoms with Crippen LogP contribution in [0.15, 0.2) is 18.2 Å². The minimum atomic E-state index is -1.00. The van der Waals surface area contributed by atoms with Crippen molar-refractivity contribution in [2.75, 3.05) is 7.11 Å². The van der Waals surface area contributed by atoms with E-state index in [9.17, 15) is 4.79 Å². The molecule has 0 atom stereocenters. The Hall–Kier alpha value is -2.30. The largest absolute Gasteiger partial charge is 0.496 e. The molecular weight excluding hydrogens is 268 g/mol. The summed E-state index contributed by atoms with van der Waals surface area (Å²) in [6.45, 7) is 0. The van der Waals surface area contributed by atoms with Gasteiger partial charge in [-0.05, 0) is 55.0 Å². The number of fused-ring (bicyclic) bond motifs is 1. The summed E-state index contributed by atoms with van der Waals surface area (Å²) in [5.74, 6) is -0.0756. The first-order valence-corrected chi connectivity index (χ1v) is 7.08. The van der Waals surface area contributed by atoms with Crippen molar-refractivity contribution in [2.24, 2.45) is 7.05 Å². The summed E-state index contributed by atoms with van der Waals surface area (Å²) in [7, 11) is 3.47. The number of hydrogen-bond donors (Lipinski definition) is 1. The number of carboxylic acid groups (broad SMARTS) is 1. The lowest BCUT2D eigenvalue weighted by Crippen LogP contribution is -2.08. The van der Waals surface area contributed by atoms with Crippen molar-refractivity contribution in [2.45, 2.75) is 25.7 Å². The van der Waals surface area contributed by atoms with Crippen LogP contribution in [0.3, 0.4) is 0 Å². The third-order valence-electron chi connectivity index (χ3n) is 4.09. The number of ether oxygens (including phenoxy) is 1. The van der Waals surface area contributed by atoms with E-state index >= 15 is 0 Å². The summed E-state index contributed by atoms with van der Waals surface area (Å²) in [5.41, 5.74) is 4.49. The van der Waals surface area contributed by atoms with Gasteiger partial charge in [-0.3, -0.25) is 4.68 Å². The lowest BCUT2D eigenvalue weighted by Gasteiger charge is -2.22. The summed E-state index contributed by atoms with van der Waals surface area (Å²) in [4.78, 5) is 11.1. The molecule has 0 fully saturated rings. The quantitative estimate of drug-likeness (QED) is 0.942. The van der Waals surface area contributed by atoms with Crippen molar-refractivity contribution in [3.63, 3.8) is 0 Å². The molecule has 1 N–H and O–H groups in total. The molecule has 1 heterocycles. The number of rotatable bonds is 3. The molecule has 110 valence electrons. The number of aryl methyl sites for hydroxylation is 1. The Morgan fingerprint density at radius 1 is 1.29 bits per heavy atom. The van der Waals surface area contributed by atoms with Gasteiger partial charge in [0.05, 0.1) is 12.8 Å². The van der Waals surface area contributed by atoms with Gasteiger partial charge in [0, 0.05) is 12.6 Å². The molecule has 5 heteroatoms. The summed E-state index contributed by atoms with van der Waals surface area (Å²) >= 11 is 0. The fourth-order valence-electron chi connectivity index (χ4n) is 3.09. The highest BCUT2D eigenvalue weighted by atomic mass is 16.5. The van der Waals surface area contributed by atoms with Gasteiger partial charge in [0.1, 0.15) is 5.75 Å². The van der Waals surface area contributed by atoms with E-state index in [2.05, 4.69) is 5.10 Å². The van der Waals surface area contributed by atoms with Crippen LogP contribution in [0.4, 0.5) is 0 Å². The zero-order valence-corrected chi connectivity index (χ0v) is 12.2. The van der Waals surface area contributed by atoms with Crippen molar-refractivity contribution >= 4 is 5.97 Å². The van der Waals surface area contributed by atoms with E-state index in [4.69, 9.17) is 9.84 Å². The zero-order valence-electron chi connectivity index (χ0n) is 12.2. The van der Waals surface area contributed by atoms with Crippen LogP contribution in [0.5, 0.6) is 5.75 Å². The molecule has 5 nitrogen and oxygen atoms in total. The van der Waals surface area contributed by atoms with Gasteiger partial charge in [-0.2, -0.15) is 5.10 Å². The number of carbonyl (C=O) groups is 1. The molecule has 0 saturated heterocycles. The second-order valence-corrected chi connectivity index (χ2v) is 5.32. The van der Waals surface area contributed by atoms with Crippen LogP contribution < -0.4 is 4.74 Å². The van der Waals surface area contributed by atoms with Crippen molar-refractivity contribution in [3.05, 3.63) is 35.0 Å². The SMILES string of the molecule is COc1ccc(-c2cc(C(=O)O)nn2C)c2c1CCCC2. The van der Waals surface area contributed by atoms with Crippen molar-refractivity contribution in [1.29, 1.82) is 0 Å². The molecule has 0 aliphatic heterocycles. The molecule has 21 heavy (non-hydrogen) atoms. The number of nitrogens with zero attached hydrogens (tertiary/aromatic N) is 2. The van der Waals surface area contributed by atoms with E-state index in [1.165, 1.54) is 17.5 Å². The molecule has 3 rings (SSSR count). The molecule has 0 radical (unpaired) electrons. The van der Waals surface area contributed by atoms with Crippen LogP contribution >= 0.6 is 0 Å². The maximum atomic E-state index is 11.1. The highest BCUT2D eigenvalue weighted by Crippen LogP contribution is 2.37. The number of aromatic nitrogens is 2. The molecule has 1 aromatic heterocycles. The number of hydrogen-bond acceptors (Lipinski definition) is 3. The van der Waals surface area contributed by atoms with E-state index in [0.29, 0.717) is 0 Å². The molecular formula is C16H18N2O3. The van der Waals surface area contributed by atoms with E-state index in [0.717, 1.165) is 36.3 Å². The number of benzene rings is 1. The molecule has 1 aliphatic rings. The summed E-state index contributed by atoms with van der Waals surface area (Å²) in [5, 5.41) is 13.2. The molecule has 0 bridgehead atoms. The van der Waals surface area contributed by atoms with E-state index < -0.39 is 5.97 Å². The molecule has 0 spiro atoms. The van der Waals surface area contributed by atoms with Gasteiger partial charge < -0.3 is 9.84 Å². The first-order valence-electron chi connectivity index (χ1n) is 7.08. The minimum absolute atomic E-state index is 0.0767. The van der Waals surface area contributed by atoms with Crippen molar-refractivity contribution in [1.82, 2.24) is 9.78 Å². The van der Waals surface area contributed by atoms with Crippen molar-refractivity contribution in [3.8, 4) is 17.0 Å².